The first-order chi connectivity index (χ1) is 17.1. The number of amides is 2. The molecule has 0 spiro atoms. The number of nitrogens with one attached hydrogen (secondary N) is 2. The van der Waals surface area contributed by atoms with Crippen molar-refractivity contribution in [3.63, 3.8) is 0 Å². The van der Waals surface area contributed by atoms with E-state index in [0.29, 0.717) is 23.5 Å². The molecule has 2 aromatic heterocycles. The number of fused-ring (bicyclic) bond motifs is 1. The van der Waals surface area contributed by atoms with Gasteiger partial charge in [0.15, 0.2) is 17.7 Å². The number of carbonyl (C=O) groups is 1. The Balaban J connectivity index is 1.17. The van der Waals surface area contributed by atoms with Gasteiger partial charge >= 0.3 is 6.03 Å². The fourth-order valence-electron chi connectivity index (χ4n) is 3.96. The Kier molecular flexibility index (Phi) is 7.98. The molecule has 2 amide bonds. The second-order valence-corrected chi connectivity index (χ2v) is 10.9. The molecule has 1 saturated heterocycles. The zero-order valence-electron chi connectivity index (χ0n) is 20.6. The van der Waals surface area contributed by atoms with Crippen molar-refractivity contribution in [2.24, 2.45) is 0 Å². The molecule has 0 saturated carbocycles. The van der Waals surface area contributed by atoms with E-state index < -0.39 is 24.5 Å². The highest BCUT2D eigenvalue weighted by Gasteiger charge is 2.44. The standard InChI is InChI=1S/C24H33N7O4S/c1-24(2,3)14-5-7-15(8-6-14)30-23(34)26-9-4-10-36-11-16-18(32)19(33)22(35-16)31-13-29-17-20(25)27-12-28-21(17)31/h5-8,12-13,16,18-19,22,32-33H,4,9-11H2,1-3H3,(H2,25,27,28)(H2,26,30,34)/t16-,18+,19-,22-/m1/s1. The number of imidazole rings is 1. The quantitative estimate of drug-likeness (QED) is 0.283. The Labute approximate surface area is 213 Å². The van der Waals surface area contributed by atoms with E-state index in [1.54, 1.807) is 16.3 Å². The largest absolute Gasteiger partial charge is 0.387 e. The van der Waals surface area contributed by atoms with Crippen LogP contribution in [0.4, 0.5) is 16.3 Å². The van der Waals surface area contributed by atoms with Gasteiger partial charge in [0.25, 0.3) is 0 Å². The molecule has 0 aliphatic carbocycles. The maximum atomic E-state index is 12.1. The fourth-order valence-corrected chi connectivity index (χ4v) is 4.98. The van der Waals surface area contributed by atoms with Gasteiger partial charge in [-0.1, -0.05) is 32.9 Å². The Morgan fingerprint density at radius 1 is 1.17 bits per heavy atom. The Hall–Kier alpha value is -2.93. The number of nitrogens with two attached hydrogens (primary N) is 1. The van der Waals surface area contributed by atoms with Crippen LogP contribution in [0.2, 0.25) is 0 Å². The Bertz CT molecular complexity index is 1180. The number of carbonyl (C=O) groups excluding carboxylic acids is 1. The van der Waals surface area contributed by atoms with Gasteiger partial charge in [0.1, 0.15) is 24.1 Å². The molecule has 0 unspecified atom stereocenters. The van der Waals surface area contributed by atoms with Gasteiger partial charge in [-0.2, -0.15) is 11.8 Å². The summed E-state index contributed by atoms with van der Waals surface area (Å²) >= 11 is 1.58. The molecule has 1 aliphatic rings. The van der Waals surface area contributed by atoms with Crippen LogP contribution >= 0.6 is 11.8 Å². The lowest BCUT2D eigenvalue weighted by atomic mass is 9.87. The fraction of sp³-hybridized carbons (Fsp3) is 0.500. The maximum absolute atomic E-state index is 12.1. The summed E-state index contributed by atoms with van der Waals surface area (Å²) in [5.41, 5.74) is 8.69. The average molecular weight is 516 g/mol. The highest BCUT2D eigenvalue weighted by atomic mass is 32.2. The molecule has 11 nitrogen and oxygen atoms in total. The first kappa shape index (κ1) is 26.1. The highest BCUT2D eigenvalue weighted by molar-refractivity contribution is 7.99. The molecule has 3 heterocycles. The summed E-state index contributed by atoms with van der Waals surface area (Å²) in [5, 5.41) is 26.7. The predicted octanol–water partition coefficient (Wildman–Crippen LogP) is 2.27. The summed E-state index contributed by atoms with van der Waals surface area (Å²) in [6, 6.07) is 7.59. The molecule has 12 heteroatoms. The van der Waals surface area contributed by atoms with Gasteiger partial charge in [0.05, 0.1) is 12.4 Å². The number of nitrogens with zero attached hydrogens (tertiary/aromatic N) is 4. The van der Waals surface area contributed by atoms with Crippen LogP contribution in [0, 0.1) is 0 Å². The Morgan fingerprint density at radius 3 is 2.64 bits per heavy atom. The number of anilines is 2. The van der Waals surface area contributed by atoms with Crippen molar-refractivity contribution < 1.29 is 19.7 Å². The molecule has 4 atom stereocenters. The van der Waals surface area contributed by atoms with E-state index in [0.717, 1.165) is 17.9 Å². The number of aliphatic hydroxyl groups excluding tert-OH is 2. The number of ether oxygens (including phenoxy) is 1. The minimum absolute atomic E-state index is 0.0639. The summed E-state index contributed by atoms with van der Waals surface area (Å²) in [7, 11) is 0. The van der Waals surface area contributed by atoms with Crippen LogP contribution in [0.15, 0.2) is 36.9 Å². The average Bonchev–Trinajstić information content (AvgIpc) is 3.38. The van der Waals surface area contributed by atoms with E-state index in [1.165, 1.54) is 18.2 Å². The lowest BCUT2D eigenvalue weighted by Crippen LogP contribution is -2.32. The number of urea groups is 1. The van der Waals surface area contributed by atoms with E-state index in [1.807, 2.05) is 24.3 Å². The van der Waals surface area contributed by atoms with Gasteiger partial charge < -0.3 is 31.3 Å². The van der Waals surface area contributed by atoms with Crippen LogP contribution < -0.4 is 16.4 Å². The minimum atomic E-state index is -1.13. The molecule has 1 aromatic carbocycles. The van der Waals surface area contributed by atoms with E-state index in [4.69, 9.17) is 10.5 Å². The summed E-state index contributed by atoms with van der Waals surface area (Å²) in [6.07, 6.45) is -0.0242. The van der Waals surface area contributed by atoms with Gasteiger partial charge in [-0.05, 0) is 35.3 Å². The molecule has 0 bridgehead atoms. The monoisotopic (exact) mass is 515 g/mol. The number of nitrogen functional groups attached to an aromatic ring is 1. The first-order valence-corrected chi connectivity index (χ1v) is 13.0. The number of hydrogen-bond donors (Lipinski definition) is 5. The molecular weight excluding hydrogens is 482 g/mol. The maximum Gasteiger partial charge on any atom is 0.319 e. The molecule has 0 radical (unpaired) electrons. The number of rotatable bonds is 8. The summed E-state index contributed by atoms with van der Waals surface area (Å²) in [4.78, 5) is 24.4. The number of benzene rings is 1. The normalized spacial score (nSPS) is 22.1. The van der Waals surface area contributed by atoms with Crippen LogP contribution in [0.1, 0.15) is 39.0 Å². The number of hydrogen-bond acceptors (Lipinski definition) is 9. The van der Waals surface area contributed by atoms with E-state index >= 15 is 0 Å². The van der Waals surface area contributed by atoms with Crippen molar-refractivity contribution in [3.05, 3.63) is 42.5 Å². The van der Waals surface area contributed by atoms with Gasteiger partial charge in [0.2, 0.25) is 0 Å². The van der Waals surface area contributed by atoms with Crippen molar-refractivity contribution in [1.29, 1.82) is 0 Å². The molecule has 4 rings (SSSR count). The van der Waals surface area contributed by atoms with Crippen molar-refractivity contribution in [2.45, 2.75) is 57.1 Å². The smallest absolute Gasteiger partial charge is 0.319 e. The second kappa shape index (κ2) is 11.0. The summed E-state index contributed by atoms with van der Waals surface area (Å²) < 4.78 is 7.50. The topological polar surface area (TPSA) is 160 Å². The number of thioether (sulfide) groups is 1. The molecule has 194 valence electrons. The van der Waals surface area contributed by atoms with Crippen LogP contribution in [0.25, 0.3) is 11.2 Å². The molecule has 36 heavy (non-hydrogen) atoms. The van der Waals surface area contributed by atoms with Crippen molar-refractivity contribution >= 4 is 40.5 Å². The zero-order chi connectivity index (χ0) is 25.9. The van der Waals surface area contributed by atoms with Gasteiger partial charge in [0, 0.05) is 18.0 Å². The van der Waals surface area contributed by atoms with Crippen LogP contribution in [-0.4, -0.2) is 72.1 Å². The van der Waals surface area contributed by atoms with E-state index in [2.05, 4.69) is 46.4 Å². The third-order valence-electron chi connectivity index (χ3n) is 6.04. The molecule has 3 aromatic rings. The third-order valence-corrected chi connectivity index (χ3v) is 7.18. The first-order valence-electron chi connectivity index (χ1n) is 11.8. The second-order valence-electron chi connectivity index (χ2n) is 9.77. The van der Waals surface area contributed by atoms with Crippen LogP contribution in [0.3, 0.4) is 0 Å². The highest BCUT2D eigenvalue weighted by Crippen LogP contribution is 2.33. The summed E-state index contributed by atoms with van der Waals surface area (Å²) in [6.45, 7) is 6.95. The lowest BCUT2D eigenvalue weighted by Gasteiger charge is -2.19. The molecular formula is C24H33N7O4S. The van der Waals surface area contributed by atoms with Gasteiger partial charge in [-0.3, -0.25) is 4.57 Å². The molecule has 1 aliphatic heterocycles. The van der Waals surface area contributed by atoms with Crippen LogP contribution in [-0.2, 0) is 10.2 Å². The van der Waals surface area contributed by atoms with Gasteiger partial charge in [-0.15, -0.1) is 0 Å². The SMILES string of the molecule is CC(C)(C)c1ccc(NC(=O)NCCCSC[C@H]2O[C@@H](n3cnc4c(N)ncnc43)[C@H](O)[C@H]2O)cc1. The molecule has 6 N–H and O–H groups in total. The van der Waals surface area contributed by atoms with Crippen molar-refractivity contribution in [1.82, 2.24) is 24.8 Å². The minimum Gasteiger partial charge on any atom is -0.387 e. The Morgan fingerprint density at radius 2 is 1.92 bits per heavy atom. The van der Waals surface area contributed by atoms with E-state index in [-0.39, 0.29) is 17.3 Å². The number of aliphatic hydroxyl groups is 2. The number of aromatic nitrogens is 4. The van der Waals surface area contributed by atoms with Crippen molar-refractivity contribution in [2.75, 3.05) is 29.1 Å². The van der Waals surface area contributed by atoms with Gasteiger partial charge in [-0.25, -0.2) is 19.7 Å². The predicted molar refractivity (Wildman–Crippen MR) is 140 cm³/mol. The van der Waals surface area contributed by atoms with Crippen LogP contribution in [0.5, 0.6) is 0 Å². The molecule has 1 fully saturated rings. The zero-order valence-corrected chi connectivity index (χ0v) is 21.4. The third kappa shape index (κ3) is 5.89. The van der Waals surface area contributed by atoms with E-state index in [9.17, 15) is 15.0 Å². The lowest BCUT2D eigenvalue weighted by molar-refractivity contribution is -0.0289. The van der Waals surface area contributed by atoms with Crippen molar-refractivity contribution in [3.8, 4) is 0 Å². The summed E-state index contributed by atoms with van der Waals surface area (Å²) in [5.74, 6) is 1.48.